The number of phenols is 1. The van der Waals surface area contributed by atoms with Gasteiger partial charge in [-0.3, -0.25) is 0 Å². The maximum atomic E-state index is 9.10. The van der Waals surface area contributed by atoms with Crippen molar-refractivity contribution >= 4 is 0 Å². The minimum Gasteiger partial charge on any atom is -0.508 e. The maximum absolute atomic E-state index is 9.10. The Kier molecular flexibility index (Phi) is 11.1. The molecule has 0 fully saturated rings. The SMILES string of the molecule is CCCCCCCCCOc1ccccc1.Oc1ccc(-c2ccccc2)cc1. The highest BCUT2D eigenvalue weighted by Gasteiger charge is 1.95. The van der Waals surface area contributed by atoms with Crippen molar-refractivity contribution < 1.29 is 9.84 Å². The molecule has 1 N–H and O–H groups in total. The molecule has 2 nitrogen and oxygen atoms in total. The predicted molar refractivity (Wildman–Crippen MR) is 123 cm³/mol. The molecule has 29 heavy (non-hydrogen) atoms. The zero-order valence-electron chi connectivity index (χ0n) is 17.6. The molecule has 0 saturated heterocycles. The smallest absolute Gasteiger partial charge is 0.119 e. The molecule has 0 aliphatic heterocycles. The first-order valence-electron chi connectivity index (χ1n) is 10.8. The minimum absolute atomic E-state index is 0.305. The predicted octanol–water partition coefficient (Wildman–Crippen LogP) is 7.88. The third-order valence-corrected chi connectivity index (χ3v) is 4.73. The van der Waals surface area contributed by atoms with Crippen LogP contribution in [-0.4, -0.2) is 11.7 Å². The highest BCUT2D eigenvalue weighted by molar-refractivity contribution is 5.63. The van der Waals surface area contributed by atoms with Gasteiger partial charge in [-0.15, -0.1) is 0 Å². The van der Waals surface area contributed by atoms with Crippen LogP contribution in [0.15, 0.2) is 84.9 Å². The van der Waals surface area contributed by atoms with Crippen LogP contribution in [0.5, 0.6) is 11.5 Å². The van der Waals surface area contributed by atoms with E-state index in [0.717, 1.165) is 17.9 Å². The normalized spacial score (nSPS) is 10.1. The molecule has 0 amide bonds. The summed E-state index contributed by atoms with van der Waals surface area (Å²) in [5.41, 5.74) is 2.29. The number of aromatic hydroxyl groups is 1. The van der Waals surface area contributed by atoms with Gasteiger partial charge in [0.05, 0.1) is 6.61 Å². The van der Waals surface area contributed by atoms with E-state index in [4.69, 9.17) is 9.84 Å². The summed E-state index contributed by atoms with van der Waals surface area (Å²) in [4.78, 5) is 0. The van der Waals surface area contributed by atoms with Gasteiger partial charge in [-0.05, 0) is 41.8 Å². The van der Waals surface area contributed by atoms with Gasteiger partial charge in [0.1, 0.15) is 11.5 Å². The molecule has 0 aliphatic carbocycles. The Morgan fingerprint density at radius 1 is 0.586 bits per heavy atom. The third kappa shape index (κ3) is 9.84. The first-order valence-corrected chi connectivity index (χ1v) is 10.8. The Labute approximate surface area is 176 Å². The van der Waals surface area contributed by atoms with E-state index in [1.54, 1.807) is 12.1 Å². The van der Waals surface area contributed by atoms with Crippen LogP contribution in [0.1, 0.15) is 51.9 Å². The van der Waals surface area contributed by atoms with Crippen LogP contribution >= 0.6 is 0 Å². The quantitative estimate of drug-likeness (QED) is 0.357. The molecular weight excluding hydrogens is 356 g/mol. The number of unbranched alkanes of at least 4 members (excludes halogenated alkanes) is 6. The van der Waals surface area contributed by atoms with Gasteiger partial charge >= 0.3 is 0 Å². The van der Waals surface area contributed by atoms with Gasteiger partial charge in [-0.25, -0.2) is 0 Å². The molecule has 0 atom stereocenters. The van der Waals surface area contributed by atoms with Gasteiger partial charge in [-0.1, -0.05) is 106 Å². The summed E-state index contributed by atoms with van der Waals surface area (Å²) in [6.45, 7) is 3.12. The summed E-state index contributed by atoms with van der Waals surface area (Å²) in [6.07, 6.45) is 9.35. The van der Waals surface area contributed by atoms with Gasteiger partial charge in [0, 0.05) is 0 Å². The van der Waals surface area contributed by atoms with Gasteiger partial charge in [0.2, 0.25) is 0 Å². The highest BCUT2D eigenvalue weighted by atomic mass is 16.5. The van der Waals surface area contributed by atoms with E-state index in [-0.39, 0.29) is 0 Å². The summed E-state index contributed by atoms with van der Waals surface area (Å²) in [7, 11) is 0. The van der Waals surface area contributed by atoms with Crippen LogP contribution in [0.25, 0.3) is 11.1 Å². The van der Waals surface area contributed by atoms with Crippen molar-refractivity contribution in [1.82, 2.24) is 0 Å². The standard InChI is InChI=1S/C15H24O.C12H10O/c1-2-3-4-5-6-7-11-14-16-15-12-9-8-10-13-15;13-12-8-6-11(7-9-12)10-4-2-1-3-5-10/h8-10,12-13H,2-7,11,14H2,1H3;1-9,13H. The van der Waals surface area contributed by atoms with Crippen LogP contribution in [-0.2, 0) is 0 Å². The number of para-hydroxylation sites is 1. The fraction of sp³-hybridized carbons (Fsp3) is 0.333. The molecule has 0 heterocycles. The Balaban J connectivity index is 0.000000211. The van der Waals surface area contributed by atoms with E-state index in [1.807, 2.05) is 72.8 Å². The molecule has 0 unspecified atom stereocenters. The lowest BCUT2D eigenvalue weighted by Gasteiger charge is -2.05. The number of hydrogen-bond acceptors (Lipinski definition) is 2. The van der Waals surface area contributed by atoms with Gasteiger partial charge in [0.25, 0.3) is 0 Å². The van der Waals surface area contributed by atoms with Crippen molar-refractivity contribution in [3.63, 3.8) is 0 Å². The van der Waals surface area contributed by atoms with E-state index in [9.17, 15) is 0 Å². The van der Waals surface area contributed by atoms with Crippen LogP contribution in [0, 0.1) is 0 Å². The second-order valence-electron chi connectivity index (χ2n) is 7.20. The van der Waals surface area contributed by atoms with E-state index in [1.165, 1.54) is 50.5 Å². The molecule has 3 aromatic rings. The monoisotopic (exact) mass is 390 g/mol. The molecule has 0 saturated carbocycles. The van der Waals surface area contributed by atoms with Crippen molar-refractivity contribution in [3.8, 4) is 22.6 Å². The van der Waals surface area contributed by atoms with Gasteiger partial charge < -0.3 is 9.84 Å². The fourth-order valence-electron chi connectivity index (χ4n) is 3.05. The zero-order chi connectivity index (χ0) is 20.6. The van der Waals surface area contributed by atoms with E-state index in [0.29, 0.717) is 5.75 Å². The van der Waals surface area contributed by atoms with Gasteiger partial charge in [-0.2, -0.15) is 0 Å². The van der Waals surface area contributed by atoms with Crippen molar-refractivity contribution in [2.45, 2.75) is 51.9 Å². The Bertz CT molecular complexity index is 752. The summed E-state index contributed by atoms with van der Waals surface area (Å²) in [5, 5.41) is 9.10. The average Bonchev–Trinajstić information content (AvgIpc) is 2.78. The first-order chi connectivity index (χ1) is 14.3. The van der Waals surface area contributed by atoms with Crippen molar-refractivity contribution in [1.29, 1.82) is 0 Å². The van der Waals surface area contributed by atoms with E-state index >= 15 is 0 Å². The molecule has 3 aromatic carbocycles. The van der Waals surface area contributed by atoms with Crippen molar-refractivity contribution in [2.24, 2.45) is 0 Å². The van der Waals surface area contributed by atoms with Crippen molar-refractivity contribution in [3.05, 3.63) is 84.9 Å². The highest BCUT2D eigenvalue weighted by Crippen LogP contribution is 2.20. The number of benzene rings is 3. The lowest BCUT2D eigenvalue weighted by molar-refractivity contribution is 0.304. The largest absolute Gasteiger partial charge is 0.508 e. The molecule has 0 aliphatic rings. The average molecular weight is 391 g/mol. The second-order valence-corrected chi connectivity index (χ2v) is 7.20. The van der Waals surface area contributed by atoms with E-state index in [2.05, 4.69) is 6.92 Å². The molecule has 0 bridgehead atoms. The van der Waals surface area contributed by atoms with Crippen LogP contribution in [0.3, 0.4) is 0 Å². The molecule has 3 rings (SSSR count). The topological polar surface area (TPSA) is 29.5 Å². The molecule has 0 aromatic heterocycles. The summed E-state index contributed by atoms with van der Waals surface area (Å²) in [5.74, 6) is 1.30. The minimum atomic E-state index is 0.305. The third-order valence-electron chi connectivity index (χ3n) is 4.73. The number of phenolic OH excluding ortho intramolecular Hbond substituents is 1. The maximum Gasteiger partial charge on any atom is 0.119 e. The molecule has 154 valence electrons. The Morgan fingerprint density at radius 3 is 1.72 bits per heavy atom. The van der Waals surface area contributed by atoms with Gasteiger partial charge in [0.15, 0.2) is 0 Å². The molecular formula is C27H34O2. The number of rotatable bonds is 10. The van der Waals surface area contributed by atoms with Crippen LogP contribution < -0.4 is 4.74 Å². The lowest BCUT2D eigenvalue weighted by atomic mass is 10.1. The number of ether oxygens (including phenoxy) is 1. The Hall–Kier alpha value is -2.74. The van der Waals surface area contributed by atoms with Crippen molar-refractivity contribution in [2.75, 3.05) is 6.61 Å². The lowest BCUT2D eigenvalue weighted by Crippen LogP contribution is -1.96. The molecule has 2 heteroatoms. The fourth-order valence-corrected chi connectivity index (χ4v) is 3.05. The van der Waals surface area contributed by atoms with Crippen LogP contribution in [0.2, 0.25) is 0 Å². The summed E-state index contributed by atoms with van der Waals surface area (Å²) < 4.78 is 5.63. The number of hydrogen-bond donors (Lipinski definition) is 1. The first kappa shape index (κ1) is 22.5. The van der Waals surface area contributed by atoms with Crippen LogP contribution in [0.4, 0.5) is 0 Å². The van der Waals surface area contributed by atoms with E-state index < -0.39 is 0 Å². The zero-order valence-corrected chi connectivity index (χ0v) is 17.6. The molecule has 0 spiro atoms. The Morgan fingerprint density at radius 2 is 1.10 bits per heavy atom. The second kappa shape index (κ2) is 14.3. The molecule has 0 radical (unpaired) electrons. The summed E-state index contributed by atoms with van der Waals surface area (Å²) in [6, 6.07) is 27.4. The summed E-state index contributed by atoms with van der Waals surface area (Å²) >= 11 is 0.